The molecule has 3 aromatic rings. The number of fused-ring (bicyclic) bond motifs is 1. The number of ether oxygens (including phenoxy) is 1. The Balaban J connectivity index is 1.35. The van der Waals surface area contributed by atoms with Gasteiger partial charge in [-0.2, -0.15) is 5.10 Å². The van der Waals surface area contributed by atoms with E-state index in [1.165, 1.54) is 12.2 Å². The molecule has 0 N–H and O–H groups in total. The number of aromatic nitrogens is 2. The van der Waals surface area contributed by atoms with Crippen LogP contribution in [0.1, 0.15) is 37.5 Å². The smallest absolute Gasteiger partial charge is 0.330 e. The number of halogens is 2. The van der Waals surface area contributed by atoms with Crippen LogP contribution < -0.4 is 0 Å². The maximum absolute atomic E-state index is 12.3. The van der Waals surface area contributed by atoms with Gasteiger partial charge in [0.2, 0.25) is 0 Å². The molecule has 0 spiro atoms. The lowest BCUT2D eigenvalue weighted by atomic mass is 10.1. The van der Waals surface area contributed by atoms with Crippen LogP contribution in [0.2, 0.25) is 10.2 Å². The predicted octanol–water partition coefficient (Wildman–Crippen LogP) is 4.40. The number of carbonyl (C=O) groups excluding carboxylic acids is 3. The summed E-state index contributed by atoms with van der Waals surface area (Å²) >= 11 is 12.7. The molecule has 7 nitrogen and oxygen atoms in total. The molecule has 2 heterocycles. The van der Waals surface area contributed by atoms with Crippen LogP contribution in [0.5, 0.6) is 0 Å². The van der Waals surface area contributed by atoms with Crippen molar-refractivity contribution in [2.75, 3.05) is 13.2 Å². The number of carbonyl (C=O) groups is 3. The number of benzene rings is 2. The summed E-state index contributed by atoms with van der Waals surface area (Å²) in [6.07, 6.45) is 2.76. The molecule has 0 fully saturated rings. The number of aryl methyl sites for hydroxylation is 1. The molecule has 0 aliphatic carbocycles. The molecule has 0 saturated carbocycles. The molecule has 0 saturated heterocycles. The molecular weight excluding hydrogens is 465 g/mol. The second-order valence-corrected chi connectivity index (χ2v) is 8.11. The molecular formula is C24H19Cl2N3O4. The maximum Gasteiger partial charge on any atom is 0.330 e. The molecule has 0 bridgehead atoms. The van der Waals surface area contributed by atoms with Gasteiger partial charge < -0.3 is 4.74 Å². The minimum atomic E-state index is -0.624. The highest BCUT2D eigenvalue weighted by Gasteiger charge is 2.34. The first-order valence-corrected chi connectivity index (χ1v) is 10.9. The Bertz CT molecular complexity index is 1250. The van der Waals surface area contributed by atoms with Crippen LogP contribution in [0.25, 0.3) is 6.08 Å². The number of imide groups is 1. The Morgan fingerprint density at radius 3 is 2.33 bits per heavy atom. The maximum atomic E-state index is 12.3. The number of hydrogen-bond donors (Lipinski definition) is 0. The lowest BCUT2D eigenvalue weighted by Gasteiger charge is -2.13. The number of nitrogens with zero attached hydrogens (tertiary/aromatic N) is 3. The molecule has 1 aliphatic heterocycles. The zero-order valence-electron chi connectivity index (χ0n) is 17.6. The fraction of sp³-hybridized carbons (Fsp3) is 0.167. The fourth-order valence-electron chi connectivity index (χ4n) is 3.53. The van der Waals surface area contributed by atoms with E-state index in [9.17, 15) is 14.4 Å². The average Bonchev–Trinajstić information content (AvgIpc) is 3.21. The Morgan fingerprint density at radius 2 is 1.67 bits per heavy atom. The third-order valence-electron chi connectivity index (χ3n) is 5.21. The minimum absolute atomic E-state index is 0.0263. The van der Waals surface area contributed by atoms with E-state index >= 15 is 0 Å². The van der Waals surface area contributed by atoms with Crippen LogP contribution >= 0.6 is 23.2 Å². The summed E-state index contributed by atoms with van der Waals surface area (Å²) < 4.78 is 6.76. The summed E-state index contributed by atoms with van der Waals surface area (Å²) in [4.78, 5) is 37.9. The Hall–Kier alpha value is -3.42. The first-order chi connectivity index (χ1) is 15.9. The van der Waals surface area contributed by atoms with Gasteiger partial charge in [-0.05, 0) is 36.8 Å². The largest absolute Gasteiger partial charge is 0.461 e. The molecule has 2 aromatic carbocycles. The summed E-state index contributed by atoms with van der Waals surface area (Å²) in [6.45, 7) is 2.02. The zero-order chi connectivity index (χ0) is 23.5. The van der Waals surface area contributed by atoms with Gasteiger partial charge in [-0.3, -0.25) is 14.5 Å². The van der Waals surface area contributed by atoms with Crippen molar-refractivity contribution in [3.05, 3.63) is 92.7 Å². The van der Waals surface area contributed by atoms with Gasteiger partial charge in [-0.25, -0.2) is 9.48 Å². The van der Waals surface area contributed by atoms with E-state index in [-0.39, 0.29) is 13.2 Å². The van der Waals surface area contributed by atoms with E-state index in [0.717, 1.165) is 10.5 Å². The second-order valence-electron chi connectivity index (χ2n) is 7.35. The summed E-state index contributed by atoms with van der Waals surface area (Å²) in [6, 6.07) is 14.0. The van der Waals surface area contributed by atoms with Gasteiger partial charge in [0.25, 0.3) is 11.8 Å². The highest BCUT2D eigenvalue weighted by molar-refractivity contribution is 6.32. The van der Waals surface area contributed by atoms with Crippen molar-refractivity contribution in [3.63, 3.8) is 0 Å². The molecule has 1 aromatic heterocycles. The van der Waals surface area contributed by atoms with Gasteiger partial charge in [0.15, 0.2) is 0 Å². The van der Waals surface area contributed by atoms with E-state index in [0.29, 0.717) is 39.1 Å². The van der Waals surface area contributed by atoms with Crippen LogP contribution in [-0.4, -0.2) is 45.6 Å². The van der Waals surface area contributed by atoms with Crippen molar-refractivity contribution in [2.24, 2.45) is 0 Å². The minimum Gasteiger partial charge on any atom is -0.461 e. The number of rotatable bonds is 7. The summed E-state index contributed by atoms with van der Waals surface area (Å²) in [5.74, 6) is -1.41. The summed E-state index contributed by atoms with van der Waals surface area (Å²) in [5.41, 5.74) is 2.80. The number of hydrogen-bond acceptors (Lipinski definition) is 5. The molecule has 2 amide bonds. The van der Waals surface area contributed by atoms with Crippen molar-refractivity contribution in [3.8, 4) is 0 Å². The van der Waals surface area contributed by atoms with E-state index in [4.69, 9.17) is 27.9 Å². The van der Waals surface area contributed by atoms with Crippen LogP contribution in [-0.2, 0) is 16.1 Å². The first-order valence-electron chi connectivity index (χ1n) is 10.1. The lowest BCUT2D eigenvalue weighted by Crippen LogP contribution is -2.33. The number of amides is 2. The summed E-state index contributed by atoms with van der Waals surface area (Å²) in [5, 5.41) is 5.39. The van der Waals surface area contributed by atoms with E-state index in [1.54, 1.807) is 41.9 Å². The normalized spacial score (nSPS) is 13.1. The molecule has 33 heavy (non-hydrogen) atoms. The molecule has 0 atom stereocenters. The first kappa shape index (κ1) is 22.8. The van der Waals surface area contributed by atoms with Gasteiger partial charge in [0, 0.05) is 16.7 Å². The van der Waals surface area contributed by atoms with Gasteiger partial charge >= 0.3 is 5.97 Å². The van der Waals surface area contributed by atoms with Crippen molar-refractivity contribution < 1.29 is 19.1 Å². The van der Waals surface area contributed by atoms with Gasteiger partial charge in [-0.1, -0.05) is 53.5 Å². The zero-order valence-corrected chi connectivity index (χ0v) is 19.1. The Labute approximate surface area is 200 Å². The van der Waals surface area contributed by atoms with Crippen molar-refractivity contribution in [1.29, 1.82) is 0 Å². The standard InChI is InChI=1S/C24H19Cl2N3O4/c1-15-17(22(26)29(27-15)14-16-6-2-5-9-20(16)25)10-11-21(30)33-13-12-28-23(31)18-7-3-4-8-19(18)24(28)32/h2-11H,12-14H2,1H3. The van der Waals surface area contributed by atoms with Crippen LogP contribution in [0.4, 0.5) is 0 Å². The molecule has 168 valence electrons. The Morgan fingerprint density at radius 1 is 1.03 bits per heavy atom. The predicted molar refractivity (Wildman–Crippen MR) is 124 cm³/mol. The van der Waals surface area contributed by atoms with E-state index in [2.05, 4.69) is 5.10 Å². The van der Waals surface area contributed by atoms with E-state index < -0.39 is 17.8 Å². The molecule has 0 radical (unpaired) electrons. The molecule has 0 unspecified atom stereocenters. The molecule has 4 rings (SSSR count). The van der Waals surface area contributed by atoms with Crippen LogP contribution in [0.15, 0.2) is 54.6 Å². The van der Waals surface area contributed by atoms with Gasteiger partial charge in [0.1, 0.15) is 11.8 Å². The third kappa shape index (κ3) is 4.69. The topological polar surface area (TPSA) is 81.5 Å². The highest BCUT2D eigenvalue weighted by atomic mass is 35.5. The quantitative estimate of drug-likeness (QED) is 0.282. The SMILES string of the molecule is Cc1nn(Cc2ccccc2Cl)c(Cl)c1C=CC(=O)OCCN1C(=O)c2ccccc2C1=O. The fourth-order valence-corrected chi connectivity index (χ4v) is 4.02. The Kier molecular flexibility index (Phi) is 6.62. The highest BCUT2D eigenvalue weighted by Crippen LogP contribution is 2.25. The molecule has 9 heteroatoms. The monoisotopic (exact) mass is 483 g/mol. The second kappa shape index (κ2) is 9.60. The van der Waals surface area contributed by atoms with Crippen molar-refractivity contribution in [2.45, 2.75) is 13.5 Å². The van der Waals surface area contributed by atoms with E-state index in [1.807, 2.05) is 18.2 Å². The van der Waals surface area contributed by atoms with Gasteiger partial charge in [0.05, 0.1) is 29.9 Å². The van der Waals surface area contributed by atoms with Gasteiger partial charge in [-0.15, -0.1) is 0 Å². The van der Waals surface area contributed by atoms with Crippen LogP contribution in [0.3, 0.4) is 0 Å². The van der Waals surface area contributed by atoms with Crippen LogP contribution in [0, 0.1) is 6.92 Å². The molecule has 1 aliphatic rings. The van der Waals surface area contributed by atoms with Crippen molar-refractivity contribution >= 4 is 47.1 Å². The summed E-state index contributed by atoms with van der Waals surface area (Å²) in [7, 11) is 0. The number of esters is 1. The lowest BCUT2D eigenvalue weighted by molar-refractivity contribution is -0.137. The average molecular weight is 484 g/mol. The van der Waals surface area contributed by atoms with Crippen molar-refractivity contribution in [1.82, 2.24) is 14.7 Å². The third-order valence-corrected chi connectivity index (χ3v) is 5.98.